The molecule has 0 spiro atoms. The van der Waals surface area contributed by atoms with Crippen molar-refractivity contribution in [2.24, 2.45) is 5.92 Å². The molecule has 0 bridgehead atoms. The Kier molecular flexibility index (Phi) is 5.31. The number of carbonyl (C=O) groups excluding carboxylic acids is 3. The highest BCUT2D eigenvalue weighted by molar-refractivity contribution is 5.95. The zero-order chi connectivity index (χ0) is 18.5. The first-order valence-corrected chi connectivity index (χ1v) is 8.54. The molecule has 1 heterocycles. The average Bonchev–Trinajstić information content (AvgIpc) is 2.69. The molecule has 26 heavy (non-hydrogen) atoms. The van der Waals surface area contributed by atoms with Crippen LogP contribution in [0.5, 0.6) is 0 Å². The van der Waals surface area contributed by atoms with Gasteiger partial charge in [0.05, 0.1) is 12.0 Å². The maximum Gasteiger partial charge on any atom is 0.269 e. The van der Waals surface area contributed by atoms with Crippen molar-refractivity contribution in [1.29, 1.82) is 0 Å². The number of amides is 3. The Morgan fingerprint density at radius 1 is 0.962 bits per heavy atom. The van der Waals surface area contributed by atoms with E-state index in [0.717, 1.165) is 5.56 Å². The summed E-state index contributed by atoms with van der Waals surface area (Å²) in [5.41, 5.74) is 6.32. The lowest BCUT2D eigenvalue weighted by atomic mass is 9.84. The molecule has 134 valence electrons. The number of nitrogens with one attached hydrogen (secondary N) is 2. The second-order valence-corrected chi connectivity index (χ2v) is 6.31. The Hall–Kier alpha value is -3.15. The highest BCUT2D eigenvalue weighted by atomic mass is 16.2. The third kappa shape index (κ3) is 3.74. The monoisotopic (exact) mass is 351 g/mol. The van der Waals surface area contributed by atoms with E-state index in [4.69, 9.17) is 0 Å². The van der Waals surface area contributed by atoms with Crippen molar-refractivity contribution in [3.05, 3.63) is 71.8 Å². The van der Waals surface area contributed by atoms with E-state index in [2.05, 4.69) is 10.9 Å². The molecule has 1 aliphatic rings. The van der Waals surface area contributed by atoms with Gasteiger partial charge in [-0.15, -0.1) is 0 Å². The fourth-order valence-electron chi connectivity index (χ4n) is 3.29. The van der Waals surface area contributed by atoms with Gasteiger partial charge in [-0.25, -0.2) is 0 Å². The third-order valence-electron chi connectivity index (χ3n) is 4.67. The Morgan fingerprint density at radius 3 is 2.23 bits per heavy atom. The van der Waals surface area contributed by atoms with Crippen molar-refractivity contribution < 1.29 is 14.4 Å². The van der Waals surface area contributed by atoms with Gasteiger partial charge in [0, 0.05) is 19.0 Å². The van der Waals surface area contributed by atoms with Crippen molar-refractivity contribution in [3.63, 3.8) is 0 Å². The molecule has 2 aromatic carbocycles. The van der Waals surface area contributed by atoms with Gasteiger partial charge in [0.1, 0.15) is 0 Å². The van der Waals surface area contributed by atoms with Crippen LogP contribution in [0.25, 0.3) is 0 Å². The fraction of sp³-hybridized carbons (Fsp3) is 0.250. The molecule has 3 amide bonds. The summed E-state index contributed by atoms with van der Waals surface area (Å²) in [5.74, 6) is -1.11. The minimum atomic E-state index is -0.434. The van der Waals surface area contributed by atoms with Gasteiger partial charge in [0.2, 0.25) is 11.8 Å². The molecule has 0 radical (unpaired) electrons. The maximum absolute atomic E-state index is 12.7. The van der Waals surface area contributed by atoms with Gasteiger partial charge in [-0.2, -0.15) is 0 Å². The van der Waals surface area contributed by atoms with Crippen molar-refractivity contribution in [3.8, 4) is 0 Å². The summed E-state index contributed by atoms with van der Waals surface area (Å²) < 4.78 is 0. The predicted molar refractivity (Wildman–Crippen MR) is 96.7 cm³/mol. The lowest BCUT2D eigenvalue weighted by Gasteiger charge is -2.38. The van der Waals surface area contributed by atoms with Crippen LogP contribution in [0.3, 0.4) is 0 Å². The molecule has 0 aliphatic carbocycles. The largest absolute Gasteiger partial charge is 0.338 e. The van der Waals surface area contributed by atoms with Crippen LogP contribution < -0.4 is 10.9 Å². The van der Waals surface area contributed by atoms with Gasteiger partial charge in [-0.1, -0.05) is 48.5 Å². The second-order valence-electron chi connectivity index (χ2n) is 6.31. The number of piperidine rings is 1. The van der Waals surface area contributed by atoms with Crippen LogP contribution in [0.15, 0.2) is 60.7 Å². The second kappa shape index (κ2) is 7.82. The highest BCUT2D eigenvalue weighted by Gasteiger charge is 2.38. The number of hydrogen-bond acceptors (Lipinski definition) is 3. The standard InChI is InChI=1S/C20H21N3O3/c1-23-17(24)13-12-16(18(23)14-8-4-2-5-9-14)20(26)22-21-19(25)15-10-6-3-7-11-15/h2-11,16,18H,12-13H2,1H3,(H,21,25)(H,22,26)/t16-,18-/m1/s1. The summed E-state index contributed by atoms with van der Waals surface area (Å²) in [7, 11) is 1.71. The Balaban J connectivity index is 1.72. The molecule has 0 aromatic heterocycles. The summed E-state index contributed by atoms with van der Waals surface area (Å²) in [6.45, 7) is 0. The van der Waals surface area contributed by atoms with E-state index in [9.17, 15) is 14.4 Å². The van der Waals surface area contributed by atoms with E-state index >= 15 is 0 Å². The molecule has 2 N–H and O–H groups in total. The summed E-state index contributed by atoms with van der Waals surface area (Å²) in [4.78, 5) is 38.6. The molecule has 6 heteroatoms. The van der Waals surface area contributed by atoms with E-state index in [1.54, 1.807) is 36.2 Å². The first kappa shape index (κ1) is 17.7. The zero-order valence-electron chi connectivity index (χ0n) is 14.5. The van der Waals surface area contributed by atoms with E-state index in [0.29, 0.717) is 18.4 Å². The Labute approximate surface area is 152 Å². The average molecular weight is 351 g/mol. The molecule has 1 saturated heterocycles. The van der Waals surface area contributed by atoms with Gasteiger partial charge in [0.25, 0.3) is 5.91 Å². The first-order valence-electron chi connectivity index (χ1n) is 8.54. The van der Waals surface area contributed by atoms with E-state index in [1.165, 1.54) is 0 Å². The van der Waals surface area contributed by atoms with Crippen LogP contribution in [0.2, 0.25) is 0 Å². The number of carbonyl (C=O) groups is 3. The summed E-state index contributed by atoms with van der Waals surface area (Å²) in [6.07, 6.45) is 0.750. The van der Waals surface area contributed by atoms with Gasteiger partial charge < -0.3 is 4.90 Å². The van der Waals surface area contributed by atoms with Crippen LogP contribution in [-0.4, -0.2) is 29.7 Å². The first-order chi connectivity index (χ1) is 12.6. The third-order valence-corrected chi connectivity index (χ3v) is 4.67. The van der Waals surface area contributed by atoms with Crippen LogP contribution in [-0.2, 0) is 9.59 Å². The number of rotatable bonds is 3. The van der Waals surface area contributed by atoms with E-state index < -0.39 is 5.92 Å². The highest BCUT2D eigenvalue weighted by Crippen LogP contribution is 2.35. The molecule has 0 unspecified atom stereocenters. The normalized spacial score (nSPS) is 19.7. The quantitative estimate of drug-likeness (QED) is 0.831. The molecule has 2 atom stereocenters. The van der Waals surface area contributed by atoms with E-state index in [-0.39, 0.29) is 23.8 Å². The number of nitrogens with zero attached hydrogens (tertiary/aromatic N) is 1. The van der Waals surface area contributed by atoms with Crippen LogP contribution in [0.1, 0.15) is 34.8 Å². The maximum atomic E-state index is 12.7. The summed E-state index contributed by atoms with van der Waals surface area (Å²) in [6, 6.07) is 17.8. The smallest absolute Gasteiger partial charge is 0.269 e. The molecule has 3 rings (SSSR count). The SMILES string of the molecule is CN1C(=O)CC[C@@H](C(=O)NNC(=O)c2ccccc2)[C@H]1c1ccccc1. The predicted octanol–water partition coefficient (Wildman–Crippen LogP) is 2.06. The number of benzene rings is 2. The molecular formula is C20H21N3O3. The summed E-state index contributed by atoms with van der Waals surface area (Å²) in [5, 5.41) is 0. The van der Waals surface area contributed by atoms with Gasteiger partial charge in [-0.05, 0) is 24.1 Å². The lowest BCUT2D eigenvalue weighted by molar-refractivity contribution is -0.142. The zero-order valence-corrected chi connectivity index (χ0v) is 14.5. The van der Waals surface area contributed by atoms with Crippen LogP contribution >= 0.6 is 0 Å². The molecule has 0 saturated carbocycles. The minimum Gasteiger partial charge on any atom is -0.338 e. The van der Waals surface area contributed by atoms with Crippen molar-refractivity contribution >= 4 is 17.7 Å². The van der Waals surface area contributed by atoms with Gasteiger partial charge in [-0.3, -0.25) is 25.2 Å². The van der Waals surface area contributed by atoms with Gasteiger partial charge >= 0.3 is 0 Å². The van der Waals surface area contributed by atoms with E-state index in [1.807, 2.05) is 36.4 Å². The number of hydrogen-bond donors (Lipinski definition) is 2. The van der Waals surface area contributed by atoms with Crippen molar-refractivity contribution in [2.75, 3.05) is 7.05 Å². The lowest BCUT2D eigenvalue weighted by Crippen LogP contribution is -2.50. The van der Waals surface area contributed by atoms with Crippen molar-refractivity contribution in [2.45, 2.75) is 18.9 Å². The Bertz CT molecular complexity index is 792. The van der Waals surface area contributed by atoms with Crippen LogP contribution in [0, 0.1) is 5.92 Å². The number of likely N-dealkylation sites (tertiary alicyclic amines) is 1. The molecule has 1 aliphatic heterocycles. The number of hydrazine groups is 1. The molecule has 2 aromatic rings. The molecular weight excluding hydrogens is 330 g/mol. The molecule has 6 nitrogen and oxygen atoms in total. The van der Waals surface area contributed by atoms with Crippen LogP contribution in [0.4, 0.5) is 0 Å². The fourth-order valence-corrected chi connectivity index (χ4v) is 3.29. The Morgan fingerprint density at radius 2 is 1.58 bits per heavy atom. The molecule has 1 fully saturated rings. The van der Waals surface area contributed by atoms with Gasteiger partial charge in [0.15, 0.2) is 0 Å². The minimum absolute atomic E-state index is 0.0104. The van der Waals surface area contributed by atoms with Crippen molar-refractivity contribution in [1.82, 2.24) is 15.8 Å². The summed E-state index contributed by atoms with van der Waals surface area (Å²) >= 11 is 0. The topological polar surface area (TPSA) is 78.5 Å².